The molecule has 288 valence electrons. The van der Waals surface area contributed by atoms with Crippen molar-refractivity contribution in [3.05, 3.63) is 129 Å². The fourth-order valence-corrected chi connectivity index (χ4v) is 6.86. The van der Waals surface area contributed by atoms with Crippen molar-refractivity contribution in [1.29, 1.82) is 0 Å². The Bertz CT molecular complexity index is 2330. The summed E-state index contributed by atoms with van der Waals surface area (Å²) in [6, 6.07) is 2.88. The molecule has 0 saturated carbocycles. The van der Waals surface area contributed by atoms with Gasteiger partial charge in [0.05, 0.1) is 0 Å². The van der Waals surface area contributed by atoms with Gasteiger partial charge in [-0.2, -0.15) is 0 Å². The number of aromatic nitrogens is 8. The first-order valence-corrected chi connectivity index (χ1v) is 18.1. The third kappa shape index (κ3) is 8.52. The van der Waals surface area contributed by atoms with Crippen LogP contribution in [0.25, 0.3) is 0 Å². The Morgan fingerprint density at radius 3 is 1.00 bits per heavy atom. The minimum Gasteiger partial charge on any atom is -0.298 e. The molecule has 0 unspecified atom stereocenters. The predicted molar refractivity (Wildman–Crippen MR) is 202 cm³/mol. The van der Waals surface area contributed by atoms with E-state index in [2.05, 4.69) is 0 Å². The molecule has 0 fully saturated rings. The number of aryl methyl sites for hydroxylation is 2. The van der Waals surface area contributed by atoms with E-state index in [9.17, 15) is 38.4 Å². The van der Waals surface area contributed by atoms with E-state index in [1.807, 2.05) is 0 Å². The minimum absolute atomic E-state index is 0.0427. The Labute approximate surface area is 305 Å². The van der Waals surface area contributed by atoms with Crippen LogP contribution in [-0.4, -0.2) is 36.5 Å². The van der Waals surface area contributed by atoms with Crippen molar-refractivity contribution in [3.63, 3.8) is 0 Å². The van der Waals surface area contributed by atoms with E-state index in [1.54, 1.807) is 46.0 Å². The topological polar surface area (TPSA) is 176 Å². The minimum atomic E-state index is -0.492. The van der Waals surface area contributed by atoms with E-state index in [4.69, 9.17) is 0 Å². The summed E-state index contributed by atoms with van der Waals surface area (Å²) in [4.78, 5) is 102. The van der Waals surface area contributed by atoms with Crippen molar-refractivity contribution in [2.75, 3.05) is 0 Å². The molecule has 16 nitrogen and oxygen atoms in total. The number of hydrogen-bond donors (Lipinski definition) is 0. The highest BCUT2D eigenvalue weighted by atomic mass is 16.2. The van der Waals surface area contributed by atoms with Gasteiger partial charge in [0.2, 0.25) is 0 Å². The monoisotopic (exact) mass is 736 g/mol. The molecule has 4 heterocycles. The lowest BCUT2D eigenvalue weighted by atomic mass is 10.0. The molecule has 0 spiro atoms. The Morgan fingerprint density at radius 2 is 0.679 bits per heavy atom. The molecule has 0 atom stereocenters. The maximum Gasteiger partial charge on any atom is 0.330 e. The molecule has 0 aliphatic heterocycles. The van der Waals surface area contributed by atoms with Crippen molar-refractivity contribution < 1.29 is 0 Å². The van der Waals surface area contributed by atoms with Gasteiger partial charge >= 0.3 is 22.8 Å². The van der Waals surface area contributed by atoms with Gasteiger partial charge in [-0.25, -0.2) is 19.2 Å². The van der Waals surface area contributed by atoms with E-state index in [-0.39, 0.29) is 28.9 Å². The molecular weight excluding hydrogens is 684 g/mol. The maximum atomic E-state index is 13.4. The lowest BCUT2D eigenvalue weighted by molar-refractivity contribution is 0.491. The number of hydrogen-bond acceptors (Lipinski definition) is 8. The van der Waals surface area contributed by atoms with Crippen LogP contribution in [-0.2, 0) is 60.8 Å². The highest BCUT2D eigenvalue weighted by Gasteiger charge is 2.20. The third-order valence-electron chi connectivity index (χ3n) is 10.4. The summed E-state index contributed by atoms with van der Waals surface area (Å²) in [5, 5.41) is 0. The van der Waals surface area contributed by atoms with Crippen molar-refractivity contribution in [1.82, 2.24) is 36.5 Å². The van der Waals surface area contributed by atoms with Gasteiger partial charge in [0.1, 0.15) is 0 Å². The van der Waals surface area contributed by atoms with Crippen LogP contribution in [0.5, 0.6) is 0 Å². The second-order valence-electron chi connectivity index (χ2n) is 14.0. The van der Waals surface area contributed by atoms with Gasteiger partial charge in [0, 0.05) is 107 Å². The molecule has 4 aromatic rings. The summed E-state index contributed by atoms with van der Waals surface area (Å²) >= 11 is 0. The SMILES string of the molecule is Cc1cc(=O)n(C)c(=O)n1CCCCCCn1c(C)c(Cc2c(C)n(CCCCCCn3c(C)cc(=O)n(C)c3=O)c(=O)n(C)c2=O)c(=O)n(C)c1=O. The van der Waals surface area contributed by atoms with Gasteiger partial charge in [-0.05, 0) is 53.4 Å². The molecule has 0 saturated heterocycles. The van der Waals surface area contributed by atoms with Crippen molar-refractivity contribution >= 4 is 0 Å². The van der Waals surface area contributed by atoms with Gasteiger partial charge in [-0.15, -0.1) is 0 Å². The Balaban J connectivity index is 1.43. The smallest absolute Gasteiger partial charge is 0.298 e. The van der Waals surface area contributed by atoms with Crippen LogP contribution in [0, 0.1) is 27.7 Å². The second kappa shape index (κ2) is 17.0. The lowest BCUT2D eigenvalue weighted by Crippen LogP contribution is -2.44. The van der Waals surface area contributed by atoms with Crippen LogP contribution >= 0.6 is 0 Å². The zero-order valence-corrected chi connectivity index (χ0v) is 32.2. The molecule has 0 aliphatic rings. The normalized spacial score (nSPS) is 11.5. The van der Waals surface area contributed by atoms with Crippen molar-refractivity contribution in [3.8, 4) is 0 Å². The van der Waals surface area contributed by atoms with E-state index < -0.39 is 22.5 Å². The van der Waals surface area contributed by atoms with Gasteiger partial charge in [-0.1, -0.05) is 25.7 Å². The molecule has 0 N–H and O–H groups in total. The van der Waals surface area contributed by atoms with Gasteiger partial charge in [0.15, 0.2) is 0 Å². The standard InChI is InChI=1S/C37H52N8O8/c1-24-21-30(46)38(5)34(50)42(24)17-13-9-11-15-19-44-26(3)28(32(48)40(7)36(44)52)23-29-27(4)45(37(53)41(8)33(29)49)20-16-12-10-14-18-43-25(2)22-31(47)39(6)35(43)51/h21-22H,9-20,23H2,1-8H3. The number of rotatable bonds is 16. The zero-order chi connectivity index (χ0) is 39.3. The van der Waals surface area contributed by atoms with Crippen LogP contribution in [0.4, 0.5) is 0 Å². The highest BCUT2D eigenvalue weighted by Crippen LogP contribution is 2.13. The molecule has 4 rings (SSSR count). The van der Waals surface area contributed by atoms with E-state index >= 15 is 0 Å². The molecule has 0 aliphatic carbocycles. The maximum absolute atomic E-state index is 13.4. The average molecular weight is 737 g/mol. The molecule has 53 heavy (non-hydrogen) atoms. The van der Waals surface area contributed by atoms with Crippen LogP contribution in [0.3, 0.4) is 0 Å². The molecular formula is C37H52N8O8. The molecule has 0 bridgehead atoms. The molecule has 4 aromatic heterocycles. The summed E-state index contributed by atoms with van der Waals surface area (Å²) in [6.45, 7) is 8.53. The van der Waals surface area contributed by atoms with E-state index in [0.29, 0.717) is 85.8 Å². The van der Waals surface area contributed by atoms with Crippen LogP contribution in [0.15, 0.2) is 50.5 Å². The Hall–Kier alpha value is -5.28. The summed E-state index contributed by atoms with van der Waals surface area (Å²) in [5.74, 6) is 0. The second-order valence-corrected chi connectivity index (χ2v) is 14.0. The number of unbranched alkanes of at least 4 members (excludes halogenated alkanes) is 6. The summed E-state index contributed by atoms with van der Waals surface area (Å²) < 4.78 is 10.5. The van der Waals surface area contributed by atoms with Gasteiger partial charge in [-0.3, -0.25) is 55.7 Å². The Kier molecular flexibility index (Phi) is 13.0. The fourth-order valence-electron chi connectivity index (χ4n) is 6.86. The molecule has 16 heteroatoms. The van der Waals surface area contributed by atoms with Crippen LogP contribution < -0.4 is 45.0 Å². The molecule has 0 radical (unpaired) electrons. The molecule has 0 aromatic carbocycles. The zero-order valence-electron chi connectivity index (χ0n) is 32.2. The van der Waals surface area contributed by atoms with E-state index in [0.717, 1.165) is 44.0 Å². The first-order chi connectivity index (χ1) is 25.0. The van der Waals surface area contributed by atoms with Crippen LogP contribution in [0.1, 0.15) is 85.3 Å². The largest absolute Gasteiger partial charge is 0.330 e. The fraction of sp³-hybridized carbons (Fsp3) is 0.568. The summed E-state index contributed by atoms with van der Waals surface area (Å²) in [7, 11) is 5.74. The average Bonchev–Trinajstić information content (AvgIpc) is 3.12. The summed E-state index contributed by atoms with van der Waals surface area (Å²) in [6.07, 6.45) is 5.76. The lowest BCUT2D eigenvalue weighted by Gasteiger charge is -2.18. The first-order valence-electron chi connectivity index (χ1n) is 18.1. The summed E-state index contributed by atoms with van der Waals surface area (Å²) in [5.41, 5.74) is -0.480. The third-order valence-corrected chi connectivity index (χ3v) is 10.4. The van der Waals surface area contributed by atoms with Crippen molar-refractivity contribution in [2.45, 2.75) is 112 Å². The van der Waals surface area contributed by atoms with Crippen LogP contribution in [0.2, 0.25) is 0 Å². The first kappa shape index (κ1) is 40.5. The van der Waals surface area contributed by atoms with E-state index in [1.165, 1.54) is 40.3 Å². The van der Waals surface area contributed by atoms with Gasteiger partial charge < -0.3 is 0 Å². The number of nitrogens with zero attached hydrogens (tertiary/aromatic N) is 8. The van der Waals surface area contributed by atoms with Gasteiger partial charge in [0.25, 0.3) is 22.2 Å². The highest BCUT2D eigenvalue weighted by molar-refractivity contribution is 5.29. The quantitative estimate of drug-likeness (QED) is 0.149. The molecule has 0 amide bonds. The predicted octanol–water partition coefficient (Wildman–Crippen LogP) is 0.474. The Morgan fingerprint density at radius 1 is 0.396 bits per heavy atom. The van der Waals surface area contributed by atoms with Crippen molar-refractivity contribution in [2.24, 2.45) is 28.2 Å².